The van der Waals surface area contributed by atoms with Gasteiger partial charge in [0, 0.05) is 6.20 Å². The Labute approximate surface area is 87.3 Å². The molecule has 0 spiro atoms. The molecule has 0 aliphatic carbocycles. The van der Waals surface area contributed by atoms with Crippen molar-refractivity contribution in [2.75, 3.05) is 0 Å². The quantitative estimate of drug-likeness (QED) is 0.751. The molecule has 0 amide bonds. The number of hydrogen-bond donors (Lipinski definition) is 0. The smallest absolute Gasteiger partial charge is 0.251 e. The third-order valence-corrected chi connectivity index (χ3v) is 2.22. The first-order valence-electron chi connectivity index (χ1n) is 4.98. The average molecular weight is 217 g/mol. The lowest BCUT2D eigenvalue weighted by atomic mass is 10.1. The summed E-state index contributed by atoms with van der Waals surface area (Å²) in [4.78, 5) is 3.48. The van der Waals surface area contributed by atoms with Gasteiger partial charge in [-0.05, 0) is 30.9 Å². The number of alkyl halides is 3. The zero-order valence-corrected chi connectivity index (χ0v) is 8.86. The maximum absolute atomic E-state index is 12.4. The predicted molar refractivity (Wildman–Crippen MR) is 52.6 cm³/mol. The molecule has 4 heteroatoms. The van der Waals surface area contributed by atoms with Gasteiger partial charge in [0.25, 0.3) is 0 Å². The van der Waals surface area contributed by atoms with Crippen LogP contribution in [0.25, 0.3) is 0 Å². The second-order valence-corrected chi connectivity index (χ2v) is 3.61. The molecule has 1 nitrogen and oxygen atoms in total. The molecule has 0 aromatic carbocycles. The number of rotatable bonds is 3. The van der Waals surface area contributed by atoms with E-state index in [0.29, 0.717) is 0 Å². The zero-order valence-electron chi connectivity index (χ0n) is 8.86. The minimum atomic E-state index is -4.34. The molecular formula is C11H14F3N. The monoisotopic (exact) mass is 217 g/mol. The second-order valence-electron chi connectivity index (χ2n) is 3.61. The third kappa shape index (κ3) is 3.22. The minimum absolute atomic E-state index is 0.205. The lowest BCUT2D eigenvalue weighted by Gasteiger charge is -2.10. The van der Waals surface area contributed by atoms with Crippen LogP contribution in [-0.2, 0) is 12.6 Å². The van der Waals surface area contributed by atoms with E-state index in [1.165, 1.54) is 13.1 Å². The molecule has 84 valence electrons. The summed E-state index contributed by atoms with van der Waals surface area (Å²) in [5.74, 6) is 0. The van der Waals surface area contributed by atoms with Crippen molar-refractivity contribution in [3.05, 3.63) is 29.1 Å². The molecule has 0 N–H and O–H groups in total. The first-order chi connectivity index (χ1) is 6.95. The van der Waals surface area contributed by atoms with Crippen LogP contribution < -0.4 is 0 Å². The fourth-order valence-corrected chi connectivity index (χ4v) is 1.45. The number of nitrogens with zero attached hydrogens (tertiary/aromatic N) is 1. The normalized spacial score (nSPS) is 11.8. The second kappa shape index (κ2) is 4.64. The summed E-state index contributed by atoms with van der Waals surface area (Å²) < 4.78 is 37.1. The third-order valence-electron chi connectivity index (χ3n) is 2.22. The van der Waals surface area contributed by atoms with E-state index in [4.69, 9.17) is 0 Å². The van der Waals surface area contributed by atoms with Gasteiger partial charge in [-0.2, -0.15) is 13.2 Å². The van der Waals surface area contributed by atoms with E-state index in [9.17, 15) is 13.2 Å². The summed E-state index contributed by atoms with van der Waals surface area (Å²) in [5.41, 5.74) is 0.307. The Morgan fingerprint density at radius 2 is 2.00 bits per heavy atom. The van der Waals surface area contributed by atoms with Crippen LogP contribution in [0.15, 0.2) is 12.3 Å². The van der Waals surface area contributed by atoms with Crippen molar-refractivity contribution < 1.29 is 13.2 Å². The van der Waals surface area contributed by atoms with Crippen LogP contribution in [0.3, 0.4) is 0 Å². The SMILES string of the molecule is CCCCc1cnc(C(F)(F)F)c(C)c1. The Hall–Kier alpha value is -1.06. The Balaban J connectivity index is 2.89. The fraction of sp³-hybridized carbons (Fsp3) is 0.545. The summed E-state index contributed by atoms with van der Waals surface area (Å²) in [6, 6.07) is 1.57. The van der Waals surface area contributed by atoms with Gasteiger partial charge in [-0.1, -0.05) is 19.4 Å². The summed E-state index contributed by atoms with van der Waals surface area (Å²) in [6.45, 7) is 3.50. The number of aryl methyl sites for hydroxylation is 2. The molecule has 0 aliphatic heterocycles. The Morgan fingerprint density at radius 3 is 2.47 bits per heavy atom. The molecule has 0 bridgehead atoms. The van der Waals surface area contributed by atoms with Crippen molar-refractivity contribution in [2.45, 2.75) is 39.3 Å². The van der Waals surface area contributed by atoms with E-state index in [1.807, 2.05) is 6.92 Å². The van der Waals surface area contributed by atoms with E-state index >= 15 is 0 Å². The predicted octanol–water partition coefficient (Wildman–Crippen LogP) is 3.75. The van der Waals surface area contributed by atoms with Crippen LogP contribution in [0.2, 0.25) is 0 Å². The average Bonchev–Trinajstić information content (AvgIpc) is 2.12. The maximum Gasteiger partial charge on any atom is 0.433 e. The van der Waals surface area contributed by atoms with Gasteiger partial charge >= 0.3 is 6.18 Å². The van der Waals surface area contributed by atoms with Crippen LogP contribution in [-0.4, -0.2) is 4.98 Å². The molecule has 0 saturated carbocycles. The van der Waals surface area contributed by atoms with Gasteiger partial charge < -0.3 is 0 Å². The molecule has 0 radical (unpaired) electrons. The maximum atomic E-state index is 12.4. The highest BCUT2D eigenvalue weighted by atomic mass is 19.4. The molecule has 1 rings (SSSR count). The molecule has 1 heterocycles. The van der Waals surface area contributed by atoms with Crippen molar-refractivity contribution in [2.24, 2.45) is 0 Å². The summed E-state index contributed by atoms with van der Waals surface area (Å²) in [5, 5.41) is 0. The standard InChI is InChI=1S/C11H14F3N/c1-3-4-5-9-6-8(2)10(15-7-9)11(12,13)14/h6-7H,3-5H2,1-2H3. The van der Waals surface area contributed by atoms with Gasteiger partial charge in [-0.25, -0.2) is 0 Å². The van der Waals surface area contributed by atoms with Crippen molar-refractivity contribution in [1.82, 2.24) is 4.98 Å². The van der Waals surface area contributed by atoms with E-state index in [1.54, 1.807) is 6.07 Å². The summed E-state index contributed by atoms with van der Waals surface area (Å²) in [7, 11) is 0. The van der Waals surface area contributed by atoms with Gasteiger partial charge in [-0.15, -0.1) is 0 Å². The van der Waals surface area contributed by atoms with Crippen LogP contribution >= 0.6 is 0 Å². The van der Waals surface area contributed by atoms with Gasteiger partial charge in [-0.3, -0.25) is 4.98 Å². The van der Waals surface area contributed by atoms with Crippen LogP contribution in [0.4, 0.5) is 13.2 Å². The van der Waals surface area contributed by atoms with Crippen molar-refractivity contribution in [3.8, 4) is 0 Å². The van der Waals surface area contributed by atoms with Crippen molar-refractivity contribution in [3.63, 3.8) is 0 Å². The molecule has 15 heavy (non-hydrogen) atoms. The van der Waals surface area contributed by atoms with Crippen LogP contribution in [0.1, 0.15) is 36.6 Å². The van der Waals surface area contributed by atoms with E-state index < -0.39 is 11.9 Å². The Morgan fingerprint density at radius 1 is 1.33 bits per heavy atom. The van der Waals surface area contributed by atoms with Crippen molar-refractivity contribution >= 4 is 0 Å². The lowest BCUT2D eigenvalue weighted by Crippen LogP contribution is -2.10. The molecule has 0 atom stereocenters. The number of pyridine rings is 1. The van der Waals surface area contributed by atoms with Crippen molar-refractivity contribution in [1.29, 1.82) is 0 Å². The largest absolute Gasteiger partial charge is 0.433 e. The molecule has 1 aromatic heterocycles. The van der Waals surface area contributed by atoms with E-state index in [-0.39, 0.29) is 5.56 Å². The highest BCUT2D eigenvalue weighted by Gasteiger charge is 2.34. The summed E-state index contributed by atoms with van der Waals surface area (Å²) in [6.07, 6.45) is -0.214. The van der Waals surface area contributed by atoms with Crippen LogP contribution in [0, 0.1) is 6.92 Å². The van der Waals surface area contributed by atoms with Crippen LogP contribution in [0.5, 0.6) is 0 Å². The van der Waals surface area contributed by atoms with Gasteiger partial charge in [0.2, 0.25) is 0 Å². The molecule has 0 fully saturated rings. The molecule has 0 saturated heterocycles. The molecule has 1 aromatic rings. The van der Waals surface area contributed by atoms with Gasteiger partial charge in [0.1, 0.15) is 5.69 Å². The molecule has 0 unspecified atom stereocenters. The lowest BCUT2D eigenvalue weighted by molar-refractivity contribution is -0.141. The minimum Gasteiger partial charge on any atom is -0.251 e. The van der Waals surface area contributed by atoms with Gasteiger partial charge in [0.05, 0.1) is 0 Å². The Bertz CT molecular complexity index is 331. The highest BCUT2D eigenvalue weighted by Crippen LogP contribution is 2.30. The number of halogens is 3. The van der Waals surface area contributed by atoms with E-state index in [0.717, 1.165) is 24.8 Å². The highest BCUT2D eigenvalue weighted by molar-refractivity contribution is 5.26. The molecular weight excluding hydrogens is 203 g/mol. The fourth-order valence-electron chi connectivity index (χ4n) is 1.45. The topological polar surface area (TPSA) is 12.9 Å². The Kier molecular flexibility index (Phi) is 3.72. The first kappa shape index (κ1) is 12.0. The number of hydrogen-bond acceptors (Lipinski definition) is 1. The van der Waals surface area contributed by atoms with Gasteiger partial charge in [0.15, 0.2) is 0 Å². The zero-order chi connectivity index (χ0) is 11.5. The first-order valence-corrected chi connectivity index (χ1v) is 4.98. The summed E-state index contributed by atoms with van der Waals surface area (Å²) >= 11 is 0. The molecule has 0 aliphatic rings. The van der Waals surface area contributed by atoms with E-state index in [2.05, 4.69) is 4.98 Å². The number of aromatic nitrogens is 1. The number of unbranched alkanes of at least 4 members (excludes halogenated alkanes) is 1.